The van der Waals surface area contributed by atoms with Crippen LogP contribution in [0.15, 0.2) is 0 Å². The topological polar surface area (TPSA) is 55.8 Å². The van der Waals surface area contributed by atoms with E-state index in [1.54, 1.807) is 7.11 Å². The molecule has 0 heterocycles. The number of methoxy groups -OCH3 is 1. The van der Waals surface area contributed by atoms with Crippen molar-refractivity contribution in [2.45, 2.75) is 104 Å². The van der Waals surface area contributed by atoms with Crippen molar-refractivity contribution in [3.05, 3.63) is 0 Å². The highest BCUT2D eigenvalue weighted by atomic mass is 16.7. The van der Waals surface area contributed by atoms with Crippen LogP contribution in [-0.2, 0) is 14.3 Å². The molecule has 4 rings (SSSR count). The number of ether oxygens (including phenoxy) is 2. The Morgan fingerprint density at radius 3 is 2.53 bits per heavy atom. The lowest BCUT2D eigenvalue weighted by atomic mass is 9.42. The second kappa shape index (κ2) is 9.56. The maximum absolute atomic E-state index is 11.3. The van der Waals surface area contributed by atoms with E-state index in [1.165, 1.54) is 51.4 Å². The van der Waals surface area contributed by atoms with Crippen LogP contribution in [0.25, 0.3) is 0 Å². The number of carboxylic acids is 1. The van der Waals surface area contributed by atoms with Gasteiger partial charge in [-0.25, -0.2) is 0 Å². The highest BCUT2D eigenvalue weighted by molar-refractivity contribution is 5.66. The molecule has 10 atom stereocenters. The summed E-state index contributed by atoms with van der Waals surface area (Å²) in [4.78, 5) is 11.3. The number of aliphatic carboxylic acids is 1. The summed E-state index contributed by atoms with van der Waals surface area (Å²) in [7, 11) is 1.71. The number of hydrogen-bond donors (Lipinski definition) is 1. The van der Waals surface area contributed by atoms with Crippen molar-refractivity contribution in [2.75, 3.05) is 13.9 Å². The Morgan fingerprint density at radius 2 is 1.84 bits per heavy atom. The van der Waals surface area contributed by atoms with Crippen LogP contribution < -0.4 is 0 Å². The van der Waals surface area contributed by atoms with Gasteiger partial charge < -0.3 is 14.6 Å². The molecule has 2 unspecified atom stereocenters. The molecular weight excluding hydrogens is 400 g/mol. The molecule has 0 aromatic heterocycles. The Balaban J connectivity index is 1.63. The van der Waals surface area contributed by atoms with Crippen LogP contribution >= 0.6 is 0 Å². The third-order valence-electron chi connectivity index (χ3n) is 11.2. The molecule has 0 amide bonds. The molecule has 1 N–H and O–H groups in total. The molecule has 4 heteroatoms. The standard InChI is InChI=1S/C28H48O4/c1-6-19-15-20-22(27(3)13-8-7-9-21(19)27)12-14-28(4)23(20)16-24(32-17-31-5)26(28)18(2)10-11-25(29)30/h18-24,26H,6-17H2,1-5H3,(H,29,30)/t18-,19?,20-,21+,22+,23+,24?,26+,27+,28+/m1/s1. The summed E-state index contributed by atoms with van der Waals surface area (Å²) < 4.78 is 11.7. The van der Waals surface area contributed by atoms with E-state index in [9.17, 15) is 9.90 Å². The van der Waals surface area contributed by atoms with Crippen molar-refractivity contribution in [2.24, 2.45) is 52.3 Å². The molecule has 4 nitrogen and oxygen atoms in total. The van der Waals surface area contributed by atoms with Gasteiger partial charge in [-0.2, -0.15) is 0 Å². The van der Waals surface area contributed by atoms with Crippen LogP contribution in [0.4, 0.5) is 0 Å². The molecule has 0 radical (unpaired) electrons. The summed E-state index contributed by atoms with van der Waals surface area (Å²) in [6, 6.07) is 0. The molecule has 4 aliphatic rings. The molecule has 0 aromatic rings. The average Bonchev–Trinajstić information content (AvgIpc) is 3.07. The Hall–Kier alpha value is -0.610. The highest BCUT2D eigenvalue weighted by Gasteiger charge is 2.64. The number of hydrogen-bond acceptors (Lipinski definition) is 3. The van der Waals surface area contributed by atoms with Crippen LogP contribution in [0.3, 0.4) is 0 Å². The molecule has 4 aliphatic carbocycles. The SMILES string of the molecule is CCC1C[C@@H]2[C@H](CC[C@]3(C)[C@@H]([C@H](C)CCC(=O)O)C(OCOC)C[C@@H]23)[C@@]2(C)CCCC[C@@H]12. The molecule has 184 valence electrons. The molecule has 4 saturated carbocycles. The summed E-state index contributed by atoms with van der Waals surface area (Å²) in [6.07, 6.45) is 13.5. The van der Waals surface area contributed by atoms with Crippen LogP contribution in [0.1, 0.15) is 98.3 Å². The maximum Gasteiger partial charge on any atom is 0.303 e. The van der Waals surface area contributed by atoms with E-state index in [2.05, 4.69) is 27.7 Å². The van der Waals surface area contributed by atoms with Gasteiger partial charge >= 0.3 is 5.97 Å². The van der Waals surface area contributed by atoms with Gasteiger partial charge in [-0.15, -0.1) is 0 Å². The molecule has 32 heavy (non-hydrogen) atoms. The predicted octanol–water partition coefficient (Wildman–Crippen LogP) is 6.77. The van der Waals surface area contributed by atoms with Crippen molar-refractivity contribution < 1.29 is 19.4 Å². The molecular formula is C28H48O4. The van der Waals surface area contributed by atoms with Gasteiger partial charge in [0.15, 0.2) is 0 Å². The summed E-state index contributed by atoms with van der Waals surface area (Å²) in [6.45, 7) is 10.3. The quantitative estimate of drug-likeness (QED) is 0.416. The minimum atomic E-state index is -0.677. The second-order valence-corrected chi connectivity index (χ2v) is 12.5. The lowest BCUT2D eigenvalue weighted by Gasteiger charge is -2.63. The summed E-state index contributed by atoms with van der Waals surface area (Å²) in [5.41, 5.74) is 0.784. The van der Waals surface area contributed by atoms with Crippen LogP contribution in [0.2, 0.25) is 0 Å². The first-order valence-electron chi connectivity index (χ1n) is 13.6. The first kappa shape index (κ1) is 24.5. The number of carbonyl (C=O) groups is 1. The fraction of sp³-hybridized carbons (Fsp3) is 0.964. The number of rotatable bonds is 8. The molecule has 0 bridgehead atoms. The Kier molecular flexibility index (Phi) is 7.33. The van der Waals surface area contributed by atoms with Crippen LogP contribution in [0.5, 0.6) is 0 Å². The van der Waals surface area contributed by atoms with Gasteiger partial charge in [0.1, 0.15) is 6.79 Å². The van der Waals surface area contributed by atoms with E-state index in [1.807, 2.05) is 0 Å². The zero-order chi connectivity index (χ0) is 23.1. The Bertz CT molecular complexity index is 664. The van der Waals surface area contributed by atoms with Crippen molar-refractivity contribution in [3.8, 4) is 0 Å². The summed E-state index contributed by atoms with van der Waals surface area (Å²) >= 11 is 0. The normalized spacial score (nSPS) is 46.7. The van der Waals surface area contributed by atoms with E-state index in [4.69, 9.17) is 9.47 Å². The van der Waals surface area contributed by atoms with Gasteiger partial charge in [-0.05, 0) is 97.2 Å². The van der Waals surface area contributed by atoms with Crippen LogP contribution in [0, 0.1) is 52.3 Å². The zero-order valence-electron chi connectivity index (χ0n) is 21.3. The molecule has 0 saturated heterocycles. The lowest BCUT2D eigenvalue weighted by molar-refractivity contribution is -0.143. The average molecular weight is 449 g/mol. The predicted molar refractivity (Wildman–Crippen MR) is 127 cm³/mol. The van der Waals surface area contributed by atoms with Gasteiger partial charge in [-0.3, -0.25) is 4.79 Å². The van der Waals surface area contributed by atoms with Crippen molar-refractivity contribution in [1.82, 2.24) is 0 Å². The van der Waals surface area contributed by atoms with Crippen molar-refractivity contribution in [3.63, 3.8) is 0 Å². The number of fused-ring (bicyclic) bond motifs is 5. The van der Waals surface area contributed by atoms with E-state index < -0.39 is 5.97 Å². The third-order valence-corrected chi connectivity index (χ3v) is 11.2. The van der Waals surface area contributed by atoms with E-state index in [0.29, 0.717) is 30.0 Å². The Labute approximate surface area is 196 Å². The molecule has 0 aliphatic heterocycles. The highest BCUT2D eigenvalue weighted by Crippen LogP contribution is 2.69. The zero-order valence-corrected chi connectivity index (χ0v) is 21.3. The minimum absolute atomic E-state index is 0.199. The maximum atomic E-state index is 11.3. The lowest BCUT2D eigenvalue weighted by Crippen LogP contribution is -2.55. The van der Waals surface area contributed by atoms with Gasteiger partial charge in [0.2, 0.25) is 0 Å². The summed E-state index contributed by atoms with van der Waals surface area (Å²) in [5, 5.41) is 9.31. The molecule has 4 fully saturated rings. The van der Waals surface area contributed by atoms with Crippen molar-refractivity contribution in [1.29, 1.82) is 0 Å². The van der Waals surface area contributed by atoms with E-state index >= 15 is 0 Å². The van der Waals surface area contributed by atoms with Crippen molar-refractivity contribution >= 4 is 5.97 Å². The number of carboxylic acid groups (broad SMARTS) is 1. The smallest absolute Gasteiger partial charge is 0.303 e. The third kappa shape index (κ3) is 4.06. The minimum Gasteiger partial charge on any atom is -0.481 e. The monoisotopic (exact) mass is 448 g/mol. The van der Waals surface area contributed by atoms with Gasteiger partial charge in [0, 0.05) is 13.5 Å². The Morgan fingerprint density at radius 1 is 1.06 bits per heavy atom. The van der Waals surface area contributed by atoms with Crippen LogP contribution in [-0.4, -0.2) is 31.1 Å². The second-order valence-electron chi connectivity index (χ2n) is 12.5. The van der Waals surface area contributed by atoms with Gasteiger partial charge in [0.25, 0.3) is 0 Å². The van der Waals surface area contributed by atoms with Gasteiger partial charge in [-0.1, -0.05) is 47.0 Å². The first-order chi connectivity index (χ1) is 15.3. The fourth-order valence-electron chi connectivity index (χ4n) is 9.92. The largest absolute Gasteiger partial charge is 0.481 e. The van der Waals surface area contributed by atoms with Gasteiger partial charge in [0.05, 0.1) is 6.10 Å². The molecule has 0 aromatic carbocycles. The summed E-state index contributed by atoms with van der Waals surface area (Å²) in [5.74, 6) is 4.30. The van der Waals surface area contributed by atoms with E-state index in [0.717, 1.165) is 36.5 Å². The van der Waals surface area contributed by atoms with E-state index in [-0.39, 0.29) is 17.9 Å². The fourth-order valence-corrected chi connectivity index (χ4v) is 9.92. The molecule has 0 spiro atoms. The first-order valence-corrected chi connectivity index (χ1v) is 13.6.